The first kappa shape index (κ1) is 14.7. The highest BCUT2D eigenvalue weighted by Crippen LogP contribution is 2.25. The van der Waals surface area contributed by atoms with Crippen molar-refractivity contribution in [2.75, 3.05) is 4.90 Å². The lowest BCUT2D eigenvalue weighted by Gasteiger charge is -2.22. The van der Waals surface area contributed by atoms with Gasteiger partial charge in [0, 0.05) is 16.9 Å². The molecule has 0 unspecified atom stereocenters. The minimum atomic E-state index is -0.575. The normalized spacial score (nSPS) is 10.1. The Kier molecular flexibility index (Phi) is 4.29. The summed E-state index contributed by atoms with van der Waals surface area (Å²) < 4.78 is 0. The Bertz CT molecular complexity index is 759. The third-order valence-corrected chi connectivity index (χ3v) is 3.46. The molecule has 3 aromatic rings. The highest BCUT2D eigenvalue weighted by molar-refractivity contribution is 6.48. The number of Topliss-reactive ketones (excluding diaryl/α,β-unsaturated/α-hetero) is 1. The molecule has 112 valence electrons. The summed E-state index contributed by atoms with van der Waals surface area (Å²) >= 11 is 0. The molecule has 0 fully saturated rings. The van der Waals surface area contributed by atoms with Gasteiger partial charge in [-0.15, -0.1) is 0 Å². The van der Waals surface area contributed by atoms with Gasteiger partial charge in [0.2, 0.25) is 0 Å². The average molecular weight is 301 g/mol. The van der Waals surface area contributed by atoms with E-state index in [1.165, 1.54) is 4.90 Å². The van der Waals surface area contributed by atoms with Crippen molar-refractivity contribution in [3.63, 3.8) is 0 Å². The lowest BCUT2D eigenvalue weighted by Crippen LogP contribution is -2.32. The van der Waals surface area contributed by atoms with Gasteiger partial charge in [-0.25, -0.2) is 0 Å². The van der Waals surface area contributed by atoms with Crippen molar-refractivity contribution in [3.8, 4) is 0 Å². The van der Waals surface area contributed by atoms with E-state index in [1.807, 2.05) is 66.7 Å². The zero-order valence-corrected chi connectivity index (χ0v) is 12.4. The van der Waals surface area contributed by atoms with Crippen LogP contribution in [-0.2, 0) is 4.79 Å². The summed E-state index contributed by atoms with van der Waals surface area (Å²) in [4.78, 5) is 26.8. The summed E-state index contributed by atoms with van der Waals surface area (Å²) in [6, 6.07) is 26.9. The SMILES string of the molecule is O=C(C(=O)N(c1ccccc1)c1ccccc1)c1ccccc1. The summed E-state index contributed by atoms with van der Waals surface area (Å²) in [5.74, 6) is -1.10. The lowest BCUT2D eigenvalue weighted by atomic mass is 10.1. The summed E-state index contributed by atoms with van der Waals surface area (Å²) in [6.07, 6.45) is 0. The van der Waals surface area contributed by atoms with Crippen molar-refractivity contribution in [1.82, 2.24) is 0 Å². The zero-order chi connectivity index (χ0) is 16.1. The number of para-hydroxylation sites is 2. The van der Waals surface area contributed by atoms with Crippen molar-refractivity contribution in [2.45, 2.75) is 0 Å². The first-order valence-electron chi connectivity index (χ1n) is 7.31. The predicted molar refractivity (Wildman–Crippen MR) is 90.8 cm³/mol. The van der Waals surface area contributed by atoms with E-state index in [4.69, 9.17) is 0 Å². The molecule has 0 aromatic heterocycles. The second kappa shape index (κ2) is 6.71. The Labute approximate surface area is 134 Å². The first-order valence-corrected chi connectivity index (χ1v) is 7.31. The van der Waals surface area contributed by atoms with Crippen LogP contribution in [0.25, 0.3) is 0 Å². The number of hydrogen-bond donors (Lipinski definition) is 0. The predicted octanol–water partition coefficient (Wildman–Crippen LogP) is 4.23. The molecule has 0 bridgehead atoms. The minimum Gasteiger partial charge on any atom is -0.283 e. The minimum absolute atomic E-state index is 0.384. The van der Waals surface area contributed by atoms with E-state index in [1.54, 1.807) is 24.3 Å². The maximum absolute atomic E-state index is 12.8. The van der Waals surface area contributed by atoms with Gasteiger partial charge >= 0.3 is 5.91 Å². The molecular weight excluding hydrogens is 286 g/mol. The molecule has 0 aliphatic carbocycles. The van der Waals surface area contributed by atoms with Crippen LogP contribution in [0.2, 0.25) is 0 Å². The van der Waals surface area contributed by atoms with E-state index in [-0.39, 0.29) is 0 Å². The third-order valence-electron chi connectivity index (χ3n) is 3.46. The Morgan fingerprint density at radius 1 is 0.565 bits per heavy atom. The van der Waals surface area contributed by atoms with Crippen molar-refractivity contribution in [1.29, 1.82) is 0 Å². The summed E-state index contributed by atoms with van der Waals surface area (Å²) in [5.41, 5.74) is 1.70. The van der Waals surface area contributed by atoms with Gasteiger partial charge in [0.05, 0.1) is 0 Å². The highest BCUT2D eigenvalue weighted by atomic mass is 16.2. The number of rotatable bonds is 4. The Balaban J connectivity index is 2.02. The fourth-order valence-electron chi connectivity index (χ4n) is 2.35. The van der Waals surface area contributed by atoms with E-state index in [0.29, 0.717) is 16.9 Å². The molecule has 0 saturated heterocycles. The summed E-state index contributed by atoms with van der Waals surface area (Å²) in [6.45, 7) is 0. The van der Waals surface area contributed by atoms with Gasteiger partial charge < -0.3 is 0 Å². The van der Waals surface area contributed by atoms with Crippen LogP contribution in [0.15, 0.2) is 91.0 Å². The number of carbonyl (C=O) groups excluding carboxylic acids is 2. The molecule has 0 aliphatic heterocycles. The maximum Gasteiger partial charge on any atom is 0.303 e. The van der Waals surface area contributed by atoms with Crippen LogP contribution in [0.5, 0.6) is 0 Å². The fraction of sp³-hybridized carbons (Fsp3) is 0. The van der Waals surface area contributed by atoms with Crippen LogP contribution in [0.4, 0.5) is 11.4 Å². The van der Waals surface area contributed by atoms with Crippen LogP contribution in [0.1, 0.15) is 10.4 Å². The Hall–Kier alpha value is -3.20. The standard InChI is InChI=1S/C20H15NO2/c22-19(16-10-4-1-5-11-16)20(23)21(17-12-6-2-7-13-17)18-14-8-3-9-15-18/h1-15H. The van der Waals surface area contributed by atoms with Crippen molar-refractivity contribution in [3.05, 3.63) is 96.6 Å². The van der Waals surface area contributed by atoms with Gasteiger partial charge in [-0.05, 0) is 24.3 Å². The van der Waals surface area contributed by atoms with Gasteiger partial charge in [-0.2, -0.15) is 0 Å². The van der Waals surface area contributed by atoms with Gasteiger partial charge in [0.25, 0.3) is 5.78 Å². The second-order valence-corrected chi connectivity index (χ2v) is 5.01. The fourth-order valence-corrected chi connectivity index (χ4v) is 2.35. The Morgan fingerprint density at radius 3 is 1.39 bits per heavy atom. The molecule has 0 saturated carbocycles. The smallest absolute Gasteiger partial charge is 0.283 e. The maximum atomic E-state index is 12.8. The van der Waals surface area contributed by atoms with Crippen LogP contribution in [0, 0.1) is 0 Å². The van der Waals surface area contributed by atoms with Crippen molar-refractivity contribution < 1.29 is 9.59 Å². The molecule has 1 amide bonds. The number of amides is 1. The van der Waals surface area contributed by atoms with Crippen LogP contribution in [-0.4, -0.2) is 11.7 Å². The molecule has 3 nitrogen and oxygen atoms in total. The van der Waals surface area contributed by atoms with E-state index in [0.717, 1.165) is 0 Å². The van der Waals surface area contributed by atoms with Crippen molar-refractivity contribution in [2.24, 2.45) is 0 Å². The Morgan fingerprint density at radius 2 is 0.957 bits per heavy atom. The molecule has 3 aromatic carbocycles. The third kappa shape index (κ3) is 3.19. The first-order chi connectivity index (χ1) is 11.3. The summed E-state index contributed by atoms with van der Waals surface area (Å²) in [7, 11) is 0. The number of nitrogens with zero attached hydrogens (tertiary/aromatic N) is 1. The van der Waals surface area contributed by atoms with E-state index >= 15 is 0 Å². The molecule has 3 rings (SSSR count). The van der Waals surface area contributed by atoms with Gasteiger partial charge in [-0.3, -0.25) is 14.5 Å². The molecular formula is C20H15NO2. The second-order valence-electron chi connectivity index (χ2n) is 5.01. The monoisotopic (exact) mass is 301 g/mol. The molecule has 0 heterocycles. The van der Waals surface area contributed by atoms with Gasteiger partial charge in [0.1, 0.15) is 0 Å². The molecule has 0 spiro atoms. The zero-order valence-electron chi connectivity index (χ0n) is 12.4. The quantitative estimate of drug-likeness (QED) is 0.534. The van der Waals surface area contributed by atoms with Crippen LogP contribution in [0.3, 0.4) is 0 Å². The van der Waals surface area contributed by atoms with Crippen LogP contribution < -0.4 is 4.90 Å². The highest BCUT2D eigenvalue weighted by Gasteiger charge is 2.25. The molecule has 0 N–H and O–H groups in total. The number of ketones is 1. The lowest BCUT2D eigenvalue weighted by molar-refractivity contribution is -0.114. The number of anilines is 2. The molecule has 0 aliphatic rings. The van der Waals surface area contributed by atoms with Crippen LogP contribution >= 0.6 is 0 Å². The van der Waals surface area contributed by atoms with E-state index in [2.05, 4.69) is 0 Å². The topological polar surface area (TPSA) is 37.4 Å². The summed E-state index contributed by atoms with van der Waals surface area (Å²) in [5, 5.41) is 0. The largest absolute Gasteiger partial charge is 0.303 e. The number of carbonyl (C=O) groups is 2. The molecule has 23 heavy (non-hydrogen) atoms. The van der Waals surface area contributed by atoms with E-state index in [9.17, 15) is 9.59 Å². The number of hydrogen-bond acceptors (Lipinski definition) is 2. The average Bonchev–Trinajstić information content (AvgIpc) is 2.64. The number of benzene rings is 3. The van der Waals surface area contributed by atoms with E-state index < -0.39 is 11.7 Å². The molecule has 0 radical (unpaired) electrons. The van der Waals surface area contributed by atoms with Gasteiger partial charge in [-0.1, -0.05) is 66.7 Å². The van der Waals surface area contributed by atoms with Gasteiger partial charge in [0.15, 0.2) is 0 Å². The van der Waals surface area contributed by atoms with Crippen molar-refractivity contribution >= 4 is 23.1 Å². The molecule has 3 heteroatoms. The molecule has 0 atom stereocenters.